The summed E-state index contributed by atoms with van der Waals surface area (Å²) in [5.74, 6) is 1.45. The second-order valence-corrected chi connectivity index (χ2v) is 6.22. The van der Waals surface area contributed by atoms with Crippen LogP contribution in [0.3, 0.4) is 0 Å². The topological polar surface area (TPSA) is 80.9 Å². The number of carbonyl (C=O) groups excluding carboxylic acids is 1. The number of likely N-dealkylation sites (tertiary alicyclic amines) is 1. The Morgan fingerprint density at radius 2 is 2.13 bits per heavy atom. The van der Waals surface area contributed by atoms with E-state index in [0.29, 0.717) is 23.7 Å². The zero-order chi connectivity index (χ0) is 16.2. The van der Waals surface area contributed by atoms with Crippen molar-refractivity contribution in [3.63, 3.8) is 0 Å². The quantitative estimate of drug-likeness (QED) is 0.758. The molecule has 128 valence electrons. The van der Waals surface area contributed by atoms with Crippen molar-refractivity contribution in [1.82, 2.24) is 19.9 Å². The lowest BCUT2D eigenvalue weighted by Crippen LogP contribution is -2.47. The highest BCUT2D eigenvalue weighted by Crippen LogP contribution is 2.22. The molecule has 23 heavy (non-hydrogen) atoms. The summed E-state index contributed by atoms with van der Waals surface area (Å²) in [6.07, 6.45) is 0. The Bertz CT molecular complexity index is 529. The Hall–Kier alpha value is -1.51. The molecule has 8 heteroatoms. The summed E-state index contributed by atoms with van der Waals surface area (Å²) in [5, 5.41) is 3.69. The van der Waals surface area contributed by atoms with Crippen LogP contribution < -0.4 is 0 Å². The number of aromatic nitrogens is 2. The van der Waals surface area contributed by atoms with Gasteiger partial charge in [-0.1, -0.05) is 12.1 Å². The first kappa shape index (κ1) is 16.4. The molecule has 3 heterocycles. The number of carbonyl (C=O) groups is 1. The summed E-state index contributed by atoms with van der Waals surface area (Å²) in [7, 11) is 0. The van der Waals surface area contributed by atoms with Gasteiger partial charge >= 0.3 is 0 Å². The van der Waals surface area contributed by atoms with E-state index in [4.69, 9.17) is 14.0 Å². The number of aryl methyl sites for hydroxylation is 1. The lowest BCUT2D eigenvalue weighted by atomic mass is 10.0. The summed E-state index contributed by atoms with van der Waals surface area (Å²) in [4.78, 5) is 20.7. The second kappa shape index (κ2) is 7.37. The van der Waals surface area contributed by atoms with Crippen molar-refractivity contribution >= 4 is 5.91 Å². The van der Waals surface area contributed by atoms with Gasteiger partial charge in [0.2, 0.25) is 5.91 Å². The number of rotatable bonds is 5. The van der Waals surface area contributed by atoms with Gasteiger partial charge in [-0.25, -0.2) is 0 Å². The SMILES string of the molecule is Cc1noc(COCC(=O)N2C[C@H](C)[C@@H](N3CCOCC3)C2)n1. The van der Waals surface area contributed by atoms with Crippen LogP contribution >= 0.6 is 0 Å². The van der Waals surface area contributed by atoms with Crippen molar-refractivity contribution in [1.29, 1.82) is 0 Å². The van der Waals surface area contributed by atoms with Crippen LogP contribution in [-0.2, 0) is 20.9 Å². The van der Waals surface area contributed by atoms with Crippen LogP contribution in [-0.4, -0.2) is 77.9 Å². The first-order valence-electron chi connectivity index (χ1n) is 8.10. The summed E-state index contributed by atoms with van der Waals surface area (Å²) in [6.45, 7) is 9.17. The van der Waals surface area contributed by atoms with Crippen LogP contribution in [0.1, 0.15) is 18.6 Å². The fourth-order valence-electron chi connectivity index (χ4n) is 3.25. The van der Waals surface area contributed by atoms with Gasteiger partial charge in [-0.2, -0.15) is 4.98 Å². The minimum absolute atomic E-state index is 0.0175. The Labute approximate surface area is 135 Å². The predicted molar refractivity (Wildman–Crippen MR) is 80.6 cm³/mol. The molecule has 0 aromatic carbocycles. The average molecular weight is 324 g/mol. The van der Waals surface area contributed by atoms with Gasteiger partial charge in [0.05, 0.1) is 13.2 Å². The molecule has 2 atom stereocenters. The standard InChI is InChI=1S/C15H24N4O4/c1-11-7-19(8-13(11)18-3-5-21-6-4-18)15(20)10-22-9-14-16-12(2)17-23-14/h11,13H,3-10H2,1-2H3/t11-,13-/m0/s1. The van der Waals surface area contributed by atoms with Crippen molar-refractivity contribution in [3.05, 3.63) is 11.7 Å². The van der Waals surface area contributed by atoms with Crippen molar-refractivity contribution in [2.45, 2.75) is 26.5 Å². The van der Waals surface area contributed by atoms with E-state index >= 15 is 0 Å². The fraction of sp³-hybridized carbons (Fsp3) is 0.800. The molecule has 0 saturated carbocycles. The number of ether oxygens (including phenoxy) is 2. The first-order valence-corrected chi connectivity index (χ1v) is 8.10. The molecule has 1 amide bonds. The van der Waals surface area contributed by atoms with Crippen molar-refractivity contribution in [2.75, 3.05) is 46.0 Å². The van der Waals surface area contributed by atoms with Gasteiger partial charge in [0.15, 0.2) is 5.82 Å². The van der Waals surface area contributed by atoms with E-state index in [1.165, 1.54) is 0 Å². The van der Waals surface area contributed by atoms with Crippen molar-refractivity contribution in [3.8, 4) is 0 Å². The van der Waals surface area contributed by atoms with Crippen LogP contribution in [0.4, 0.5) is 0 Å². The zero-order valence-corrected chi connectivity index (χ0v) is 13.7. The number of hydrogen-bond acceptors (Lipinski definition) is 7. The zero-order valence-electron chi connectivity index (χ0n) is 13.7. The van der Waals surface area contributed by atoms with E-state index < -0.39 is 0 Å². The highest BCUT2D eigenvalue weighted by atomic mass is 16.5. The van der Waals surface area contributed by atoms with Crippen molar-refractivity contribution in [2.24, 2.45) is 5.92 Å². The molecule has 2 fully saturated rings. The van der Waals surface area contributed by atoms with Gasteiger partial charge in [-0.05, 0) is 12.8 Å². The minimum atomic E-state index is 0.0175. The van der Waals surface area contributed by atoms with E-state index in [1.54, 1.807) is 6.92 Å². The molecule has 0 bridgehead atoms. The molecule has 1 aromatic rings. The Morgan fingerprint density at radius 1 is 1.35 bits per heavy atom. The maximum absolute atomic E-state index is 12.3. The van der Waals surface area contributed by atoms with Crippen LogP contribution in [0.2, 0.25) is 0 Å². The van der Waals surface area contributed by atoms with Gasteiger partial charge < -0.3 is 18.9 Å². The third-order valence-corrected chi connectivity index (χ3v) is 4.46. The van der Waals surface area contributed by atoms with Crippen LogP contribution in [0.25, 0.3) is 0 Å². The molecule has 0 radical (unpaired) electrons. The Kier molecular flexibility index (Phi) is 5.24. The third-order valence-electron chi connectivity index (χ3n) is 4.46. The first-order chi connectivity index (χ1) is 11.1. The van der Waals surface area contributed by atoms with E-state index in [0.717, 1.165) is 39.4 Å². The maximum Gasteiger partial charge on any atom is 0.252 e. The molecule has 3 rings (SSSR count). The Morgan fingerprint density at radius 3 is 2.83 bits per heavy atom. The minimum Gasteiger partial charge on any atom is -0.379 e. The molecule has 8 nitrogen and oxygen atoms in total. The van der Waals surface area contributed by atoms with Crippen LogP contribution in [0, 0.1) is 12.8 Å². The summed E-state index contributed by atoms with van der Waals surface area (Å²) >= 11 is 0. The summed E-state index contributed by atoms with van der Waals surface area (Å²) in [6, 6.07) is 0.418. The lowest BCUT2D eigenvalue weighted by Gasteiger charge is -2.33. The average Bonchev–Trinajstić information content (AvgIpc) is 3.14. The molecule has 0 N–H and O–H groups in total. The molecular formula is C15H24N4O4. The van der Waals surface area contributed by atoms with Gasteiger partial charge in [0, 0.05) is 32.2 Å². The molecule has 2 aliphatic rings. The highest BCUT2D eigenvalue weighted by Gasteiger charge is 2.36. The highest BCUT2D eigenvalue weighted by molar-refractivity contribution is 5.77. The van der Waals surface area contributed by atoms with E-state index in [-0.39, 0.29) is 19.1 Å². The smallest absolute Gasteiger partial charge is 0.252 e. The molecule has 0 unspecified atom stereocenters. The molecular weight excluding hydrogens is 300 g/mol. The second-order valence-electron chi connectivity index (χ2n) is 6.22. The van der Waals surface area contributed by atoms with Gasteiger partial charge in [0.1, 0.15) is 13.2 Å². The van der Waals surface area contributed by atoms with Gasteiger partial charge in [0.25, 0.3) is 5.89 Å². The molecule has 1 aromatic heterocycles. The van der Waals surface area contributed by atoms with Crippen LogP contribution in [0.15, 0.2) is 4.52 Å². The normalized spacial score (nSPS) is 25.9. The predicted octanol–water partition coefficient (Wildman–Crippen LogP) is 0.0737. The number of nitrogens with zero attached hydrogens (tertiary/aromatic N) is 4. The molecule has 2 saturated heterocycles. The largest absolute Gasteiger partial charge is 0.379 e. The van der Waals surface area contributed by atoms with Gasteiger partial charge in [-0.15, -0.1) is 0 Å². The fourth-order valence-corrected chi connectivity index (χ4v) is 3.25. The van der Waals surface area contributed by atoms with Crippen LogP contribution in [0.5, 0.6) is 0 Å². The van der Waals surface area contributed by atoms with E-state index in [2.05, 4.69) is 22.0 Å². The number of hydrogen-bond donors (Lipinski definition) is 0. The molecule has 0 spiro atoms. The molecule has 0 aliphatic carbocycles. The number of morpholine rings is 1. The van der Waals surface area contributed by atoms with E-state index in [9.17, 15) is 4.79 Å². The molecule has 2 aliphatic heterocycles. The van der Waals surface area contributed by atoms with E-state index in [1.807, 2.05) is 4.90 Å². The maximum atomic E-state index is 12.3. The third kappa shape index (κ3) is 4.07. The lowest BCUT2D eigenvalue weighted by molar-refractivity contribution is -0.136. The van der Waals surface area contributed by atoms with Crippen molar-refractivity contribution < 1.29 is 18.8 Å². The van der Waals surface area contributed by atoms with Gasteiger partial charge in [-0.3, -0.25) is 9.69 Å². The monoisotopic (exact) mass is 324 g/mol. The Balaban J connectivity index is 1.44. The summed E-state index contributed by atoms with van der Waals surface area (Å²) in [5.41, 5.74) is 0. The number of amides is 1. The summed E-state index contributed by atoms with van der Waals surface area (Å²) < 4.78 is 15.8.